The van der Waals surface area contributed by atoms with Gasteiger partial charge in [0.05, 0.1) is 0 Å². The number of hydrogen-bond donors (Lipinski definition) is 2. The lowest BCUT2D eigenvalue weighted by atomic mass is 10.0. The number of ether oxygens (including phenoxy) is 2. The van der Waals surface area contributed by atoms with Gasteiger partial charge in [0.2, 0.25) is 0 Å². The average Bonchev–Trinajstić information content (AvgIpc) is 2.58. The van der Waals surface area contributed by atoms with E-state index < -0.39 is 5.60 Å². The van der Waals surface area contributed by atoms with Crippen LogP contribution in [0.3, 0.4) is 0 Å². The van der Waals surface area contributed by atoms with Crippen LogP contribution >= 0.6 is 0 Å². The predicted octanol–water partition coefficient (Wildman–Crippen LogP) is 3.64. The van der Waals surface area contributed by atoms with Crippen molar-refractivity contribution in [1.29, 1.82) is 0 Å². The fourth-order valence-electron chi connectivity index (χ4n) is 2.58. The third-order valence-electron chi connectivity index (χ3n) is 4.14. The highest BCUT2D eigenvalue weighted by Crippen LogP contribution is 2.11. The average molecular weight is 401 g/mol. The van der Waals surface area contributed by atoms with Crippen molar-refractivity contribution < 1.29 is 14.3 Å². The Kier molecular flexibility index (Phi) is 13.7. The van der Waals surface area contributed by atoms with Crippen molar-refractivity contribution >= 4 is 12.1 Å². The van der Waals surface area contributed by atoms with E-state index in [1.54, 1.807) is 0 Å². The lowest BCUT2D eigenvalue weighted by Crippen LogP contribution is -2.45. The van der Waals surface area contributed by atoms with Gasteiger partial charge in [0, 0.05) is 45.9 Å². The summed E-state index contributed by atoms with van der Waals surface area (Å²) < 4.78 is 10.8. The summed E-state index contributed by atoms with van der Waals surface area (Å²) in [6.07, 6.45) is 2.50. The van der Waals surface area contributed by atoms with Crippen molar-refractivity contribution in [2.45, 2.75) is 79.4 Å². The molecule has 0 saturated heterocycles. The van der Waals surface area contributed by atoms with Gasteiger partial charge in [0.1, 0.15) is 5.60 Å². The van der Waals surface area contributed by atoms with Crippen LogP contribution < -0.4 is 10.6 Å². The van der Waals surface area contributed by atoms with E-state index in [1.165, 1.54) is 0 Å². The highest BCUT2D eigenvalue weighted by atomic mass is 16.6. The number of nitrogens with one attached hydrogen (secondary N) is 2. The fourth-order valence-corrected chi connectivity index (χ4v) is 2.58. The molecule has 0 saturated carbocycles. The maximum Gasteiger partial charge on any atom is 0.407 e. The molecule has 0 aromatic carbocycles. The van der Waals surface area contributed by atoms with Crippen LogP contribution in [0, 0.1) is 5.92 Å². The molecule has 0 aromatic rings. The van der Waals surface area contributed by atoms with E-state index in [2.05, 4.69) is 36.3 Å². The van der Waals surface area contributed by atoms with Gasteiger partial charge >= 0.3 is 6.09 Å². The van der Waals surface area contributed by atoms with Crippen molar-refractivity contribution in [2.75, 3.05) is 39.9 Å². The number of carbonyl (C=O) groups is 1. The van der Waals surface area contributed by atoms with Crippen LogP contribution in [0.25, 0.3) is 0 Å². The summed E-state index contributed by atoms with van der Waals surface area (Å²) in [7, 11) is 2.03. The van der Waals surface area contributed by atoms with E-state index >= 15 is 0 Å². The lowest BCUT2D eigenvalue weighted by Gasteiger charge is -2.28. The Labute approximate surface area is 172 Å². The molecule has 28 heavy (non-hydrogen) atoms. The van der Waals surface area contributed by atoms with E-state index in [9.17, 15) is 4.79 Å². The first kappa shape index (κ1) is 26.5. The Morgan fingerprint density at radius 1 is 1.18 bits per heavy atom. The molecule has 0 bridgehead atoms. The quantitative estimate of drug-likeness (QED) is 0.297. The van der Waals surface area contributed by atoms with E-state index in [0.717, 1.165) is 58.1 Å². The SMILES string of the molecule is CCNC(=NCCCCOCC)N(C)CCC(NC(=O)OC(C)(C)C)C(C)C. The molecular formula is C21H44N4O3. The third-order valence-corrected chi connectivity index (χ3v) is 4.14. The van der Waals surface area contributed by atoms with Gasteiger partial charge < -0.3 is 25.0 Å². The first-order valence-electron chi connectivity index (χ1n) is 10.7. The maximum absolute atomic E-state index is 12.1. The summed E-state index contributed by atoms with van der Waals surface area (Å²) in [5, 5.41) is 6.35. The Morgan fingerprint density at radius 3 is 2.39 bits per heavy atom. The van der Waals surface area contributed by atoms with Crippen LogP contribution in [0.15, 0.2) is 4.99 Å². The summed E-state index contributed by atoms with van der Waals surface area (Å²) in [5.41, 5.74) is -0.491. The maximum atomic E-state index is 12.1. The number of guanidine groups is 1. The van der Waals surface area contributed by atoms with Gasteiger partial charge in [-0.1, -0.05) is 13.8 Å². The topological polar surface area (TPSA) is 75.2 Å². The van der Waals surface area contributed by atoms with Crippen LogP contribution in [0.4, 0.5) is 4.79 Å². The summed E-state index contributed by atoms with van der Waals surface area (Å²) in [4.78, 5) is 18.9. The van der Waals surface area contributed by atoms with Crippen molar-refractivity contribution in [3.8, 4) is 0 Å². The second kappa shape index (κ2) is 14.5. The molecule has 1 unspecified atom stereocenters. The first-order valence-corrected chi connectivity index (χ1v) is 10.7. The highest BCUT2D eigenvalue weighted by Gasteiger charge is 2.22. The van der Waals surface area contributed by atoms with Gasteiger partial charge in [0.15, 0.2) is 5.96 Å². The minimum absolute atomic E-state index is 0.0476. The van der Waals surface area contributed by atoms with Gasteiger partial charge in [-0.15, -0.1) is 0 Å². The van der Waals surface area contributed by atoms with Crippen LogP contribution in [0.1, 0.15) is 67.7 Å². The molecule has 2 N–H and O–H groups in total. The van der Waals surface area contributed by atoms with E-state index in [1.807, 2.05) is 34.7 Å². The van der Waals surface area contributed by atoms with Crippen molar-refractivity contribution in [1.82, 2.24) is 15.5 Å². The van der Waals surface area contributed by atoms with Crippen molar-refractivity contribution in [3.63, 3.8) is 0 Å². The molecule has 7 nitrogen and oxygen atoms in total. The van der Waals surface area contributed by atoms with E-state index in [-0.39, 0.29) is 12.1 Å². The van der Waals surface area contributed by atoms with Gasteiger partial charge in [-0.25, -0.2) is 4.79 Å². The molecule has 0 aliphatic rings. The number of hydrogen-bond acceptors (Lipinski definition) is 4. The third kappa shape index (κ3) is 13.6. The predicted molar refractivity (Wildman–Crippen MR) is 117 cm³/mol. The normalized spacial score (nSPS) is 13.4. The minimum atomic E-state index is -0.491. The zero-order valence-corrected chi connectivity index (χ0v) is 19.4. The smallest absolute Gasteiger partial charge is 0.407 e. The summed E-state index contributed by atoms with van der Waals surface area (Å²) >= 11 is 0. The fraction of sp³-hybridized carbons (Fsp3) is 0.905. The molecule has 0 heterocycles. The summed E-state index contributed by atoms with van der Waals surface area (Å²) in [6.45, 7) is 17.9. The molecule has 0 fully saturated rings. The van der Waals surface area contributed by atoms with Crippen molar-refractivity contribution in [3.05, 3.63) is 0 Å². The Hall–Kier alpha value is -1.50. The zero-order chi connectivity index (χ0) is 21.6. The number of carbonyl (C=O) groups excluding carboxylic acids is 1. The summed E-state index contributed by atoms with van der Waals surface area (Å²) in [5.74, 6) is 1.22. The Morgan fingerprint density at radius 2 is 1.86 bits per heavy atom. The van der Waals surface area contributed by atoms with Gasteiger partial charge in [0.25, 0.3) is 0 Å². The Bertz CT molecular complexity index is 447. The van der Waals surface area contributed by atoms with Crippen molar-refractivity contribution in [2.24, 2.45) is 10.9 Å². The number of nitrogens with zero attached hydrogens (tertiary/aromatic N) is 2. The summed E-state index contributed by atoms with van der Waals surface area (Å²) in [6, 6.07) is 0.0476. The van der Waals surface area contributed by atoms with Gasteiger partial charge in [-0.05, 0) is 59.8 Å². The first-order chi connectivity index (χ1) is 13.1. The minimum Gasteiger partial charge on any atom is -0.444 e. The molecule has 0 aromatic heterocycles. The number of rotatable bonds is 12. The number of aliphatic imine (C=N–C) groups is 1. The van der Waals surface area contributed by atoms with Crippen LogP contribution in [0.5, 0.6) is 0 Å². The highest BCUT2D eigenvalue weighted by molar-refractivity contribution is 5.79. The molecule has 0 spiro atoms. The second-order valence-corrected chi connectivity index (χ2v) is 8.35. The Balaban J connectivity index is 4.59. The zero-order valence-electron chi connectivity index (χ0n) is 19.4. The van der Waals surface area contributed by atoms with Crippen LogP contribution in [0.2, 0.25) is 0 Å². The molecule has 0 aliphatic carbocycles. The molecule has 0 rings (SSSR count). The van der Waals surface area contributed by atoms with E-state index in [0.29, 0.717) is 5.92 Å². The molecule has 1 amide bonds. The number of amides is 1. The van der Waals surface area contributed by atoms with Crippen LogP contribution in [-0.4, -0.2) is 68.5 Å². The largest absolute Gasteiger partial charge is 0.444 e. The second-order valence-electron chi connectivity index (χ2n) is 8.35. The molecule has 7 heteroatoms. The van der Waals surface area contributed by atoms with Gasteiger partial charge in [-0.2, -0.15) is 0 Å². The molecule has 0 radical (unpaired) electrons. The monoisotopic (exact) mass is 400 g/mol. The molecule has 1 atom stereocenters. The number of unbranched alkanes of at least 4 members (excludes halogenated alkanes) is 1. The molecule has 166 valence electrons. The standard InChI is InChI=1S/C21H44N4O3/c1-9-22-19(23-14-11-12-16-27-10-2)25(8)15-13-18(17(3)4)24-20(26)28-21(5,6)7/h17-18H,9-16H2,1-8H3,(H,22,23)(H,24,26). The lowest BCUT2D eigenvalue weighted by molar-refractivity contribution is 0.0486. The number of alkyl carbamates (subject to hydrolysis) is 1. The molecular weight excluding hydrogens is 356 g/mol. The van der Waals surface area contributed by atoms with E-state index in [4.69, 9.17) is 14.5 Å². The molecule has 0 aliphatic heterocycles. The van der Waals surface area contributed by atoms with Gasteiger partial charge in [-0.3, -0.25) is 4.99 Å². The van der Waals surface area contributed by atoms with Crippen LogP contribution in [-0.2, 0) is 9.47 Å².